The van der Waals surface area contributed by atoms with E-state index in [0.717, 1.165) is 16.1 Å². The third-order valence-electron chi connectivity index (χ3n) is 4.27. The first-order valence-electron chi connectivity index (χ1n) is 8.08. The average molecular weight is 355 g/mol. The predicted octanol–water partition coefficient (Wildman–Crippen LogP) is 3.79. The normalized spacial score (nSPS) is 13.2. The third kappa shape index (κ3) is 3.88. The second-order valence-electron chi connectivity index (χ2n) is 5.91. The van der Waals surface area contributed by atoms with Crippen LogP contribution in [0.1, 0.15) is 36.4 Å². The molecule has 0 saturated carbocycles. The van der Waals surface area contributed by atoms with Gasteiger partial charge in [-0.25, -0.2) is 14.5 Å². The maximum Gasteiger partial charge on any atom is 0.318 e. The van der Waals surface area contributed by atoms with Crippen LogP contribution >= 0.6 is 11.3 Å². The molecule has 3 aromatic rings. The standard InChI is InChI=1S/C18H21N5OS/c1-13(17-5-4-10-25-17)21-18(24)22(3)14(2)15-6-8-16(9-7-15)23-12-19-11-20-23/h4-14H,1-3H3,(H,21,24)/t13-,14+/m0/s1. The number of hydrogen-bond acceptors (Lipinski definition) is 4. The van der Waals surface area contributed by atoms with E-state index in [1.807, 2.05) is 62.7 Å². The first-order chi connectivity index (χ1) is 12.1. The molecule has 2 aromatic heterocycles. The summed E-state index contributed by atoms with van der Waals surface area (Å²) in [6, 6.07) is 11.8. The van der Waals surface area contributed by atoms with Crippen LogP contribution in [0.15, 0.2) is 54.4 Å². The number of nitrogens with one attached hydrogen (secondary N) is 1. The number of carbonyl (C=O) groups is 1. The van der Waals surface area contributed by atoms with Gasteiger partial charge in [0.2, 0.25) is 0 Å². The van der Waals surface area contributed by atoms with Crippen molar-refractivity contribution in [1.29, 1.82) is 0 Å². The van der Waals surface area contributed by atoms with Gasteiger partial charge in [0.15, 0.2) is 0 Å². The fourth-order valence-electron chi connectivity index (χ4n) is 2.54. The van der Waals surface area contributed by atoms with E-state index >= 15 is 0 Å². The van der Waals surface area contributed by atoms with Crippen LogP contribution in [0.25, 0.3) is 5.69 Å². The number of thiophene rings is 1. The number of urea groups is 1. The van der Waals surface area contributed by atoms with E-state index < -0.39 is 0 Å². The molecule has 0 aliphatic heterocycles. The zero-order valence-corrected chi connectivity index (χ0v) is 15.3. The lowest BCUT2D eigenvalue weighted by molar-refractivity contribution is 0.191. The number of benzene rings is 1. The molecule has 25 heavy (non-hydrogen) atoms. The zero-order valence-electron chi connectivity index (χ0n) is 14.5. The van der Waals surface area contributed by atoms with E-state index in [2.05, 4.69) is 15.4 Å². The van der Waals surface area contributed by atoms with E-state index in [0.29, 0.717) is 0 Å². The Kier molecular flexibility index (Phi) is 5.14. The van der Waals surface area contributed by atoms with Gasteiger partial charge in [-0.15, -0.1) is 11.3 Å². The molecule has 7 heteroatoms. The Labute approximate surface area is 151 Å². The quantitative estimate of drug-likeness (QED) is 0.757. The highest BCUT2D eigenvalue weighted by molar-refractivity contribution is 7.10. The van der Waals surface area contributed by atoms with E-state index in [1.54, 1.807) is 27.2 Å². The van der Waals surface area contributed by atoms with Crippen molar-refractivity contribution in [3.05, 3.63) is 64.9 Å². The van der Waals surface area contributed by atoms with Crippen LogP contribution in [0, 0.1) is 0 Å². The van der Waals surface area contributed by atoms with Crippen molar-refractivity contribution in [3.63, 3.8) is 0 Å². The Hall–Kier alpha value is -2.67. The smallest absolute Gasteiger partial charge is 0.318 e. The zero-order chi connectivity index (χ0) is 17.8. The molecule has 1 aromatic carbocycles. The summed E-state index contributed by atoms with van der Waals surface area (Å²) in [5.41, 5.74) is 2.00. The van der Waals surface area contributed by atoms with Crippen LogP contribution in [-0.2, 0) is 0 Å². The number of nitrogens with zero attached hydrogens (tertiary/aromatic N) is 4. The van der Waals surface area contributed by atoms with Crippen molar-refractivity contribution in [1.82, 2.24) is 25.0 Å². The predicted molar refractivity (Wildman–Crippen MR) is 98.8 cm³/mol. The fraction of sp³-hybridized carbons (Fsp3) is 0.278. The molecule has 0 unspecified atom stereocenters. The molecule has 0 saturated heterocycles. The van der Waals surface area contributed by atoms with Gasteiger partial charge in [0.05, 0.1) is 17.8 Å². The Morgan fingerprint density at radius 2 is 2.00 bits per heavy atom. The highest BCUT2D eigenvalue weighted by Gasteiger charge is 2.19. The molecule has 0 spiro atoms. The molecule has 2 atom stereocenters. The Morgan fingerprint density at radius 1 is 1.24 bits per heavy atom. The van der Waals surface area contributed by atoms with Crippen molar-refractivity contribution in [2.24, 2.45) is 0 Å². The van der Waals surface area contributed by atoms with Crippen molar-refractivity contribution in [2.45, 2.75) is 25.9 Å². The van der Waals surface area contributed by atoms with E-state index in [4.69, 9.17) is 0 Å². The molecule has 1 N–H and O–H groups in total. The van der Waals surface area contributed by atoms with Crippen LogP contribution < -0.4 is 5.32 Å². The molecule has 2 heterocycles. The number of rotatable bonds is 5. The minimum Gasteiger partial charge on any atom is -0.331 e. The average Bonchev–Trinajstić information content (AvgIpc) is 3.33. The monoisotopic (exact) mass is 355 g/mol. The minimum atomic E-state index is -0.0891. The highest BCUT2D eigenvalue weighted by Crippen LogP contribution is 2.22. The highest BCUT2D eigenvalue weighted by atomic mass is 32.1. The lowest BCUT2D eigenvalue weighted by atomic mass is 10.1. The van der Waals surface area contributed by atoms with Crippen LogP contribution in [0.5, 0.6) is 0 Å². The summed E-state index contributed by atoms with van der Waals surface area (Å²) >= 11 is 1.64. The van der Waals surface area contributed by atoms with Crippen LogP contribution in [0.2, 0.25) is 0 Å². The molecular weight excluding hydrogens is 334 g/mol. The van der Waals surface area contributed by atoms with Crippen LogP contribution in [0.3, 0.4) is 0 Å². The molecule has 3 rings (SSSR count). The molecular formula is C18H21N5OS. The Morgan fingerprint density at radius 3 is 2.60 bits per heavy atom. The summed E-state index contributed by atoms with van der Waals surface area (Å²) in [6.45, 7) is 4.01. The Bertz CT molecular complexity index is 799. The summed E-state index contributed by atoms with van der Waals surface area (Å²) < 4.78 is 1.70. The van der Waals surface area contributed by atoms with Crippen molar-refractivity contribution in [3.8, 4) is 5.69 Å². The number of hydrogen-bond donors (Lipinski definition) is 1. The largest absolute Gasteiger partial charge is 0.331 e. The summed E-state index contributed by atoms with van der Waals surface area (Å²) in [4.78, 5) is 19.3. The molecule has 2 amide bonds. The van der Waals surface area contributed by atoms with Crippen LogP contribution in [-0.4, -0.2) is 32.7 Å². The second kappa shape index (κ2) is 7.48. The minimum absolute atomic E-state index is 0.00292. The summed E-state index contributed by atoms with van der Waals surface area (Å²) in [7, 11) is 1.81. The van der Waals surface area contributed by atoms with Crippen molar-refractivity contribution >= 4 is 17.4 Å². The molecule has 0 radical (unpaired) electrons. The number of amides is 2. The van der Waals surface area contributed by atoms with E-state index in [-0.39, 0.29) is 18.1 Å². The summed E-state index contributed by atoms with van der Waals surface area (Å²) in [5, 5.41) is 9.17. The van der Waals surface area contributed by atoms with Gasteiger partial charge in [0.1, 0.15) is 12.7 Å². The molecule has 0 aliphatic rings. The van der Waals surface area contributed by atoms with Crippen molar-refractivity contribution in [2.75, 3.05) is 7.05 Å². The van der Waals surface area contributed by atoms with Crippen LogP contribution in [0.4, 0.5) is 4.79 Å². The van der Waals surface area contributed by atoms with Gasteiger partial charge in [-0.2, -0.15) is 5.10 Å². The fourth-order valence-corrected chi connectivity index (χ4v) is 3.28. The molecule has 0 bridgehead atoms. The van der Waals surface area contributed by atoms with Crippen molar-refractivity contribution < 1.29 is 4.79 Å². The SMILES string of the molecule is C[C@H](NC(=O)N(C)[C@H](C)c1ccc(-n2cncn2)cc1)c1cccs1. The van der Waals surface area contributed by atoms with E-state index in [1.165, 1.54) is 6.33 Å². The van der Waals surface area contributed by atoms with Gasteiger partial charge in [0, 0.05) is 11.9 Å². The second-order valence-corrected chi connectivity index (χ2v) is 6.88. The maximum atomic E-state index is 12.5. The van der Waals surface area contributed by atoms with Gasteiger partial charge in [0.25, 0.3) is 0 Å². The first kappa shape index (κ1) is 17.2. The third-order valence-corrected chi connectivity index (χ3v) is 5.33. The van der Waals surface area contributed by atoms with Gasteiger partial charge >= 0.3 is 6.03 Å². The molecule has 0 fully saturated rings. The summed E-state index contributed by atoms with van der Waals surface area (Å²) in [5.74, 6) is 0. The first-order valence-corrected chi connectivity index (χ1v) is 8.96. The maximum absolute atomic E-state index is 12.5. The van der Waals surface area contributed by atoms with Gasteiger partial charge in [-0.05, 0) is 43.0 Å². The van der Waals surface area contributed by atoms with Gasteiger partial charge in [-0.1, -0.05) is 18.2 Å². The Balaban J connectivity index is 1.65. The molecule has 6 nitrogen and oxygen atoms in total. The number of aromatic nitrogens is 3. The van der Waals surface area contributed by atoms with Gasteiger partial charge in [-0.3, -0.25) is 0 Å². The number of carbonyl (C=O) groups excluding carboxylic acids is 1. The van der Waals surface area contributed by atoms with E-state index in [9.17, 15) is 4.79 Å². The summed E-state index contributed by atoms with van der Waals surface area (Å²) in [6.07, 6.45) is 3.16. The van der Waals surface area contributed by atoms with Gasteiger partial charge < -0.3 is 10.2 Å². The lowest BCUT2D eigenvalue weighted by Gasteiger charge is -2.27. The lowest BCUT2D eigenvalue weighted by Crippen LogP contribution is -2.39. The molecule has 0 aliphatic carbocycles. The molecule has 130 valence electrons. The topological polar surface area (TPSA) is 63.1 Å².